The van der Waals surface area contributed by atoms with Crippen LogP contribution >= 0.6 is 12.2 Å². The fourth-order valence-electron chi connectivity index (χ4n) is 2.86. The van der Waals surface area contributed by atoms with E-state index >= 15 is 0 Å². The molecule has 0 unspecified atom stereocenters. The Bertz CT molecular complexity index is 1110. The number of hydrogen-bond donors (Lipinski definition) is 2. The average Bonchev–Trinajstić information content (AvgIpc) is 2.78. The van der Waals surface area contributed by atoms with Crippen molar-refractivity contribution in [2.45, 2.75) is 6.92 Å². The van der Waals surface area contributed by atoms with Crippen LogP contribution in [-0.2, 0) is 4.79 Å². The summed E-state index contributed by atoms with van der Waals surface area (Å²) in [6, 6.07) is 24.2. The highest BCUT2D eigenvalue weighted by atomic mass is 32.1. The topological polar surface area (TPSA) is 61.4 Å². The van der Waals surface area contributed by atoms with Gasteiger partial charge in [0.2, 0.25) is 5.91 Å². The highest BCUT2D eigenvalue weighted by Crippen LogP contribution is 2.17. The van der Waals surface area contributed by atoms with E-state index in [-0.39, 0.29) is 16.9 Å². The fraction of sp³-hybridized carbons (Fsp3) is 0.0800. The molecule has 5 nitrogen and oxygen atoms in total. The Morgan fingerprint density at radius 3 is 2.35 bits per heavy atom. The number of rotatable bonds is 5. The largest absolute Gasteiger partial charge is 0.332 e. The summed E-state index contributed by atoms with van der Waals surface area (Å²) in [6.07, 6.45) is 3.14. The second-order valence-corrected chi connectivity index (χ2v) is 7.38. The van der Waals surface area contributed by atoms with Crippen molar-refractivity contribution < 1.29 is 9.59 Å². The van der Waals surface area contributed by atoms with Crippen LogP contribution in [0.4, 0.5) is 11.4 Å². The molecule has 0 saturated carbocycles. The van der Waals surface area contributed by atoms with Crippen molar-refractivity contribution in [1.82, 2.24) is 5.32 Å². The summed E-state index contributed by atoms with van der Waals surface area (Å²) >= 11 is 5.23. The van der Waals surface area contributed by atoms with Gasteiger partial charge >= 0.3 is 0 Å². The molecule has 3 aromatic rings. The average molecular weight is 430 g/mol. The molecule has 0 saturated heterocycles. The van der Waals surface area contributed by atoms with Gasteiger partial charge in [-0.15, -0.1) is 0 Å². The van der Waals surface area contributed by atoms with Crippen LogP contribution in [0.5, 0.6) is 0 Å². The zero-order valence-corrected chi connectivity index (χ0v) is 18.1. The first-order chi connectivity index (χ1) is 14.9. The molecule has 0 spiro atoms. The Morgan fingerprint density at radius 2 is 1.65 bits per heavy atom. The number of nitrogens with one attached hydrogen (secondary N) is 2. The molecule has 31 heavy (non-hydrogen) atoms. The second-order valence-electron chi connectivity index (χ2n) is 6.97. The van der Waals surface area contributed by atoms with E-state index in [0.717, 1.165) is 16.8 Å². The standard InChI is InChI=1S/C25H23N3O2S/c1-18-11-13-19(14-12-18)15-16-23(29)27-25(31)26-21-8-6-7-20(17-21)24(30)28(2)22-9-4-3-5-10-22/h3-17H,1-2H3,(H2,26,27,29,31)/b16-15+. The first-order valence-corrected chi connectivity index (χ1v) is 10.1. The number of aryl methyl sites for hydroxylation is 1. The van der Waals surface area contributed by atoms with E-state index in [1.807, 2.05) is 61.5 Å². The Kier molecular flexibility index (Phi) is 7.30. The van der Waals surface area contributed by atoms with Crippen LogP contribution in [0.1, 0.15) is 21.5 Å². The Labute approximate surface area is 187 Å². The van der Waals surface area contributed by atoms with Crippen LogP contribution in [0.2, 0.25) is 0 Å². The number of para-hydroxylation sites is 1. The summed E-state index contributed by atoms with van der Waals surface area (Å²) in [5.74, 6) is -0.486. The molecular weight excluding hydrogens is 406 g/mol. The molecule has 0 aliphatic rings. The van der Waals surface area contributed by atoms with Gasteiger partial charge in [-0.3, -0.25) is 14.9 Å². The Balaban J connectivity index is 1.59. The smallest absolute Gasteiger partial charge is 0.258 e. The minimum atomic E-state index is -0.339. The van der Waals surface area contributed by atoms with E-state index < -0.39 is 0 Å². The molecule has 0 heterocycles. The van der Waals surface area contributed by atoms with Gasteiger partial charge in [0, 0.05) is 30.1 Å². The monoisotopic (exact) mass is 429 g/mol. The molecule has 0 radical (unpaired) electrons. The van der Waals surface area contributed by atoms with Crippen LogP contribution in [0.15, 0.2) is 84.9 Å². The molecule has 0 aliphatic carbocycles. The van der Waals surface area contributed by atoms with E-state index in [0.29, 0.717) is 11.3 Å². The van der Waals surface area contributed by atoms with Crippen molar-refractivity contribution in [2.24, 2.45) is 0 Å². The molecule has 0 atom stereocenters. The maximum Gasteiger partial charge on any atom is 0.258 e. The lowest BCUT2D eigenvalue weighted by molar-refractivity contribution is -0.115. The summed E-state index contributed by atoms with van der Waals surface area (Å²) in [7, 11) is 1.73. The van der Waals surface area contributed by atoms with Gasteiger partial charge in [0.15, 0.2) is 5.11 Å². The van der Waals surface area contributed by atoms with Gasteiger partial charge in [-0.2, -0.15) is 0 Å². The third kappa shape index (κ3) is 6.35. The highest BCUT2D eigenvalue weighted by molar-refractivity contribution is 7.80. The molecule has 0 fully saturated rings. The third-order valence-electron chi connectivity index (χ3n) is 4.56. The van der Waals surface area contributed by atoms with Gasteiger partial charge in [-0.05, 0) is 61.1 Å². The molecular formula is C25H23N3O2S. The molecule has 156 valence electrons. The molecule has 6 heteroatoms. The summed E-state index contributed by atoms with van der Waals surface area (Å²) in [5, 5.41) is 5.71. The number of benzene rings is 3. The Hall–Kier alpha value is -3.77. The fourth-order valence-corrected chi connectivity index (χ4v) is 3.08. The van der Waals surface area contributed by atoms with Crippen molar-refractivity contribution in [2.75, 3.05) is 17.3 Å². The van der Waals surface area contributed by atoms with Crippen molar-refractivity contribution in [3.05, 3.63) is 102 Å². The summed E-state index contributed by atoms with van der Waals surface area (Å²) in [5.41, 5.74) is 4.00. The van der Waals surface area contributed by atoms with Gasteiger partial charge in [-0.25, -0.2) is 0 Å². The zero-order chi connectivity index (χ0) is 22.2. The lowest BCUT2D eigenvalue weighted by atomic mass is 10.1. The van der Waals surface area contributed by atoms with Crippen LogP contribution < -0.4 is 15.5 Å². The van der Waals surface area contributed by atoms with Gasteiger partial charge < -0.3 is 10.2 Å². The number of hydrogen-bond acceptors (Lipinski definition) is 3. The molecule has 3 rings (SSSR count). The van der Waals surface area contributed by atoms with Gasteiger partial charge in [0.1, 0.15) is 0 Å². The molecule has 2 N–H and O–H groups in total. The number of carbonyl (C=O) groups is 2. The van der Waals surface area contributed by atoms with Gasteiger partial charge in [0.05, 0.1) is 0 Å². The normalized spacial score (nSPS) is 10.5. The summed E-state index contributed by atoms with van der Waals surface area (Å²) < 4.78 is 0. The quantitative estimate of drug-likeness (QED) is 0.452. The van der Waals surface area contributed by atoms with E-state index in [9.17, 15) is 9.59 Å². The first kappa shape index (κ1) is 21.9. The van der Waals surface area contributed by atoms with Crippen LogP contribution in [0.25, 0.3) is 6.08 Å². The van der Waals surface area contributed by atoms with Crippen molar-refractivity contribution in [1.29, 1.82) is 0 Å². The van der Waals surface area contributed by atoms with Crippen LogP contribution in [0.3, 0.4) is 0 Å². The van der Waals surface area contributed by atoms with Crippen molar-refractivity contribution in [3.8, 4) is 0 Å². The van der Waals surface area contributed by atoms with Gasteiger partial charge in [0.25, 0.3) is 5.91 Å². The predicted molar refractivity (Wildman–Crippen MR) is 130 cm³/mol. The SMILES string of the molecule is Cc1ccc(/C=C/C(=O)NC(=S)Nc2cccc(C(=O)N(C)c3ccccc3)c2)cc1. The molecule has 0 bridgehead atoms. The van der Waals surface area contributed by atoms with E-state index in [2.05, 4.69) is 10.6 Å². The second kappa shape index (κ2) is 10.3. The van der Waals surface area contributed by atoms with E-state index in [4.69, 9.17) is 12.2 Å². The third-order valence-corrected chi connectivity index (χ3v) is 4.76. The van der Waals surface area contributed by atoms with Crippen molar-refractivity contribution in [3.63, 3.8) is 0 Å². The lowest BCUT2D eigenvalue weighted by Crippen LogP contribution is -2.33. The molecule has 0 aliphatic heterocycles. The minimum Gasteiger partial charge on any atom is -0.332 e. The first-order valence-electron chi connectivity index (χ1n) is 9.72. The minimum absolute atomic E-state index is 0.147. The Morgan fingerprint density at radius 1 is 0.935 bits per heavy atom. The molecule has 2 amide bonds. The van der Waals surface area contributed by atoms with Crippen molar-refractivity contribution >= 4 is 46.6 Å². The maximum absolute atomic E-state index is 12.8. The number of thiocarbonyl (C=S) groups is 1. The number of nitrogens with zero attached hydrogens (tertiary/aromatic N) is 1. The summed E-state index contributed by atoms with van der Waals surface area (Å²) in [4.78, 5) is 26.5. The molecule has 3 aromatic carbocycles. The number of anilines is 2. The predicted octanol–water partition coefficient (Wildman–Crippen LogP) is 4.80. The number of carbonyl (C=O) groups excluding carboxylic acids is 2. The lowest BCUT2D eigenvalue weighted by Gasteiger charge is -2.18. The summed E-state index contributed by atoms with van der Waals surface area (Å²) in [6.45, 7) is 2.01. The van der Waals surface area contributed by atoms with Gasteiger partial charge in [-0.1, -0.05) is 54.1 Å². The highest BCUT2D eigenvalue weighted by Gasteiger charge is 2.14. The van der Waals surface area contributed by atoms with E-state index in [1.54, 1.807) is 42.3 Å². The maximum atomic E-state index is 12.8. The zero-order valence-electron chi connectivity index (χ0n) is 17.3. The number of amides is 2. The van der Waals surface area contributed by atoms with E-state index in [1.165, 1.54) is 6.08 Å². The molecule has 0 aromatic heterocycles. The van der Waals surface area contributed by atoms with Crippen LogP contribution in [-0.4, -0.2) is 24.0 Å². The van der Waals surface area contributed by atoms with Crippen LogP contribution in [0, 0.1) is 6.92 Å².